The normalized spacial score (nSPS) is 11.4. The van der Waals surface area contributed by atoms with Gasteiger partial charge in [0.05, 0.1) is 6.20 Å². The zero-order valence-corrected chi connectivity index (χ0v) is 13.9. The summed E-state index contributed by atoms with van der Waals surface area (Å²) in [6.45, 7) is -1.52. The molecular formula is C16H12F3N5O4. The minimum Gasteiger partial charge on any atom is -0.478 e. The van der Waals surface area contributed by atoms with Crippen molar-refractivity contribution in [3.05, 3.63) is 48.0 Å². The lowest BCUT2D eigenvalue weighted by molar-refractivity contribution is -0.153. The number of alkyl halides is 3. The molecule has 3 heterocycles. The van der Waals surface area contributed by atoms with Crippen LogP contribution >= 0.6 is 0 Å². The van der Waals surface area contributed by atoms with Crippen molar-refractivity contribution in [2.24, 2.45) is 11.5 Å². The highest BCUT2D eigenvalue weighted by atomic mass is 19.4. The van der Waals surface area contributed by atoms with Gasteiger partial charge in [-0.1, -0.05) is 0 Å². The largest absolute Gasteiger partial charge is 0.478 e. The number of nitrogens with zero attached hydrogens (tertiary/aromatic N) is 3. The van der Waals surface area contributed by atoms with Crippen molar-refractivity contribution in [3.63, 3.8) is 0 Å². The number of hydrogen-bond donors (Lipinski definition) is 2. The summed E-state index contributed by atoms with van der Waals surface area (Å²) in [4.78, 5) is 30.9. The zero-order chi connectivity index (χ0) is 20.5. The first-order valence-electron chi connectivity index (χ1n) is 7.60. The van der Waals surface area contributed by atoms with E-state index in [9.17, 15) is 22.8 Å². The Bertz CT molecular complexity index is 1060. The van der Waals surface area contributed by atoms with Crippen LogP contribution in [0.15, 0.2) is 36.7 Å². The Labute approximate surface area is 154 Å². The molecule has 0 unspecified atom stereocenters. The van der Waals surface area contributed by atoms with Gasteiger partial charge in [0.15, 0.2) is 18.1 Å². The number of ether oxygens (including phenoxy) is 2. The number of amides is 2. The summed E-state index contributed by atoms with van der Waals surface area (Å²) in [7, 11) is 0. The highest BCUT2D eigenvalue weighted by Crippen LogP contribution is 2.30. The number of hydrogen-bond acceptors (Lipinski definition) is 6. The van der Waals surface area contributed by atoms with Crippen molar-refractivity contribution >= 4 is 17.5 Å². The molecule has 28 heavy (non-hydrogen) atoms. The van der Waals surface area contributed by atoms with E-state index >= 15 is 0 Å². The summed E-state index contributed by atoms with van der Waals surface area (Å²) in [5.41, 5.74) is 10.1. The second-order valence-electron chi connectivity index (χ2n) is 5.44. The van der Waals surface area contributed by atoms with Crippen LogP contribution in [-0.2, 0) is 0 Å². The quantitative estimate of drug-likeness (QED) is 0.652. The van der Waals surface area contributed by atoms with Crippen molar-refractivity contribution in [2.45, 2.75) is 6.18 Å². The van der Waals surface area contributed by atoms with Gasteiger partial charge in [0.1, 0.15) is 17.1 Å². The molecule has 0 aromatic carbocycles. The lowest BCUT2D eigenvalue weighted by Crippen LogP contribution is -2.21. The molecule has 4 N–H and O–H groups in total. The number of carbonyl (C=O) groups is 2. The van der Waals surface area contributed by atoms with Gasteiger partial charge in [-0.05, 0) is 24.3 Å². The van der Waals surface area contributed by atoms with Crippen molar-refractivity contribution in [2.75, 3.05) is 6.61 Å². The molecule has 9 nitrogen and oxygen atoms in total. The maximum absolute atomic E-state index is 12.4. The lowest BCUT2D eigenvalue weighted by atomic mass is 10.3. The van der Waals surface area contributed by atoms with E-state index in [4.69, 9.17) is 20.9 Å². The third-order valence-electron chi connectivity index (χ3n) is 3.40. The van der Waals surface area contributed by atoms with E-state index in [0.29, 0.717) is 0 Å². The van der Waals surface area contributed by atoms with E-state index in [1.54, 1.807) is 0 Å². The average molecular weight is 395 g/mol. The fourth-order valence-electron chi connectivity index (χ4n) is 2.33. The SMILES string of the molecule is NC(=O)c1nc2ccc(Oc3ncccc3OCC(F)(F)F)cn2c1C(N)=O. The monoisotopic (exact) mass is 395 g/mol. The molecule has 0 saturated carbocycles. The average Bonchev–Trinajstić information content (AvgIpc) is 2.99. The highest BCUT2D eigenvalue weighted by Gasteiger charge is 2.29. The van der Waals surface area contributed by atoms with Gasteiger partial charge in [0.25, 0.3) is 17.7 Å². The Hall–Kier alpha value is -3.83. The summed E-state index contributed by atoms with van der Waals surface area (Å²) >= 11 is 0. The van der Waals surface area contributed by atoms with E-state index in [1.807, 2.05) is 0 Å². The molecule has 0 fully saturated rings. The number of fused-ring (bicyclic) bond motifs is 1. The van der Waals surface area contributed by atoms with Gasteiger partial charge in [-0.25, -0.2) is 9.97 Å². The fraction of sp³-hybridized carbons (Fsp3) is 0.125. The van der Waals surface area contributed by atoms with E-state index in [2.05, 4.69) is 9.97 Å². The van der Waals surface area contributed by atoms with Crippen LogP contribution in [0.4, 0.5) is 13.2 Å². The Morgan fingerprint density at radius 2 is 1.89 bits per heavy atom. The summed E-state index contributed by atoms with van der Waals surface area (Å²) in [5.74, 6) is -2.31. The summed E-state index contributed by atoms with van der Waals surface area (Å²) in [5, 5.41) is 0. The van der Waals surface area contributed by atoms with E-state index in [0.717, 1.165) is 0 Å². The minimum atomic E-state index is -4.54. The number of carbonyl (C=O) groups excluding carboxylic acids is 2. The van der Waals surface area contributed by atoms with Crippen LogP contribution in [0.2, 0.25) is 0 Å². The molecule has 0 bridgehead atoms. The second kappa shape index (κ2) is 7.06. The van der Waals surface area contributed by atoms with Crippen LogP contribution in [0.3, 0.4) is 0 Å². The number of rotatable bonds is 6. The Balaban J connectivity index is 1.97. The molecule has 3 aromatic rings. The van der Waals surface area contributed by atoms with Crippen LogP contribution in [0.1, 0.15) is 21.0 Å². The second-order valence-corrected chi connectivity index (χ2v) is 5.44. The van der Waals surface area contributed by atoms with Crippen LogP contribution in [-0.4, -0.2) is 39.0 Å². The molecule has 0 saturated heterocycles. The highest BCUT2D eigenvalue weighted by molar-refractivity contribution is 6.04. The first-order chi connectivity index (χ1) is 13.2. The summed E-state index contributed by atoms with van der Waals surface area (Å²) < 4.78 is 48.5. The smallest absolute Gasteiger partial charge is 0.422 e. The predicted octanol–water partition coefficient (Wildman–Crippen LogP) is 1.66. The van der Waals surface area contributed by atoms with E-state index in [1.165, 1.54) is 41.1 Å². The molecule has 0 spiro atoms. The molecule has 0 aliphatic rings. The Morgan fingerprint density at radius 1 is 1.14 bits per heavy atom. The molecule has 3 rings (SSSR count). The van der Waals surface area contributed by atoms with Gasteiger partial charge >= 0.3 is 6.18 Å². The fourth-order valence-corrected chi connectivity index (χ4v) is 2.33. The number of halogens is 3. The maximum atomic E-state index is 12.4. The predicted molar refractivity (Wildman–Crippen MR) is 88.1 cm³/mol. The molecule has 0 radical (unpaired) electrons. The van der Waals surface area contributed by atoms with Crippen LogP contribution in [0.5, 0.6) is 17.4 Å². The molecule has 0 aliphatic carbocycles. The van der Waals surface area contributed by atoms with Gasteiger partial charge in [0.2, 0.25) is 0 Å². The van der Waals surface area contributed by atoms with Crippen LogP contribution in [0.25, 0.3) is 5.65 Å². The zero-order valence-electron chi connectivity index (χ0n) is 13.9. The Morgan fingerprint density at radius 3 is 2.54 bits per heavy atom. The van der Waals surface area contributed by atoms with Crippen molar-refractivity contribution in [1.82, 2.24) is 14.4 Å². The molecule has 12 heteroatoms. The first kappa shape index (κ1) is 18.9. The van der Waals surface area contributed by atoms with Crippen LogP contribution in [0, 0.1) is 0 Å². The molecule has 146 valence electrons. The topological polar surface area (TPSA) is 135 Å². The lowest BCUT2D eigenvalue weighted by Gasteiger charge is -2.12. The minimum absolute atomic E-state index is 0.0685. The summed E-state index contributed by atoms with van der Waals surface area (Å²) in [6.07, 6.45) is -1.98. The number of primary amides is 2. The van der Waals surface area contributed by atoms with Gasteiger partial charge in [0, 0.05) is 6.20 Å². The third-order valence-corrected chi connectivity index (χ3v) is 3.40. The van der Waals surface area contributed by atoms with Crippen LogP contribution < -0.4 is 20.9 Å². The molecule has 3 aromatic heterocycles. The standard InChI is InChI=1S/C16H12F3N5O4/c17-16(18,19)7-27-9-2-1-5-22-15(9)28-8-3-4-10-23-11(13(20)25)12(14(21)26)24(10)6-8/h1-6H,7H2,(H2,20,25)(H2,21,26). The number of nitrogens with two attached hydrogens (primary N) is 2. The van der Waals surface area contributed by atoms with E-state index in [-0.39, 0.29) is 34.4 Å². The van der Waals surface area contributed by atoms with Gasteiger partial charge in [-0.3, -0.25) is 14.0 Å². The van der Waals surface area contributed by atoms with Crippen molar-refractivity contribution in [3.8, 4) is 17.4 Å². The maximum Gasteiger partial charge on any atom is 0.422 e. The van der Waals surface area contributed by atoms with Gasteiger partial charge < -0.3 is 20.9 Å². The van der Waals surface area contributed by atoms with Crippen molar-refractivity contribution in [1.29, 1.82) is 0 Å². The molecule has 0 aliphatic heterocycles. The number of aromatic nitrogens is 3. The number of imidazole rings is 1. The van der Waals surface area contributed by atoms with E-state index < -0.39 is 24.6 Å². The third kappa shape index (κ3) is 3.95. The van der Waals surface area contributed by atoms with Crippen molar-refractivity contribution < 1.29 is 32.2 Å². The first-order valence-corrected chi connectivity index (χ1v) is 7.60. The number of pyridine rings is 2. The van der Waals surface area contributed by atoms with Gasteiger partial charge in [-0.2, -0.15) is 13.2 Å². The molecule has 2 amide bonds. The summed E-state index contributed by atoms with van der Waals surface area (Å²) in [6, 6.07) is 5.43. The van der Waals surface area contributed by atoms with Gasteiger partial charge in [-0.15, -0.1) is 0 Å². The Kier molecular flexibility index (Phi) is 4.78. The molecule has 0 atom stereocenters. The molecular weight excluding hydrogens is 383 g/mol.